The highest BCUT2D eigenvalue weighted by Gasteiger charge is 2.49. The van der Waals surface area contributed by atoms with Gasteiger partial charge in [-0.2, -0.15) is 0 Å². The SMILES string of the molecule is C[C@]1(O)C[C@@](N)(c2ccc(-c3nc(-c4cncnc4)sc3-c3ccccc3)cc2)C1. The number of thiazole rings is 1. The van der Waals surface area contributed by atoms with Crippen molar-refractivity contribution in [1.82, 2.24) is 15.0 Å². The Bertz CT molecular complexity index is 1160. The van der Waals surface area contributed by atoms with Crippen LogP contribution in [0.15, 0.2) is 73.3 Å². The molecule has 0 aliphatic heterocycles. The fraction of sp³-hybridized carbons (Fsp3) is 0.208. The summed E-state index contributed by atoms with van der Waals surface area (Å²) >= 11 is 1.64. The molecule has 5 nitrogen and oxygen atoms in total. The molecule has 3 N–H and O–H groups in total. The molecule has 0 bridgehead atoms. The zero-order valence-corrected chi connectivity index (χ0v) is 17.4. The van der Waals surface area contributed by atoms with Gasteiger partial charge in [-0.05, 0) is 30.9 Å². The van der Waals surface area contributed by atoms with Crippen molar-refractivity contribution in [3.63, 3.8) is 0 Å². The number of aliphatic hydroxyl groups is 1. The third-order valence-electron chi connectivity index (χ3n) is 5.60. The fourth-order valence-corrected chi connectivity index (χ4v) is 5.37. The summed E-state index contributed by atoms with van der Waals surface area (Å²) in [5.74, 6) is 0. The van der Waals surface area contributed by atoms with Crippen molar-refractivity contribution in [1.29, 1.82) is 0 Å². The first-order valence-electron chi connectivity index (χ1n) is 9.87. The molecule has 1 fully saturated rings. The second-order valence-corrected chi connectivity index (χ2v) is 9.27. The van der Waals surface area contributed by atoms with Crippen LogP contribution in [0.2, 0.25) is 0 Å². The molecule has 1 saturated carbocycles. The predicted octanol–water partition coefficient (Wildman–Crippen LogP) is 4.63. The first kappa shape index (κ1) is 19.1. The summed E-state index contributed by atoms with van der Waals surface area (Å²) in [6.07, 6.45) is 6.24. The van der Waals surface area contributed by atoms with Crippen LogP contribution in [-0.4, -0.2) is 25.7 Å². The molecule has 2 aromatic heterocycles. The van der Waals surface area contributed by atoms with Gasteiger partial charge in [-0.3, -0.25) is 0 Å². The molecule has 4 aromatic rings. The second kappa shape index (κ2) is 7.09. The van der Waals surface area contributed by atoms with E-state index >= 15 is 0 Å². The number of aromatic nitrogens is 3. The van der Waals surface area contributed by atoms with Crippen LogP contribution in [-0.2, 0) is 5.54 Å². The lowest BCUT2D eigenvalue weighted by molar-refractivity contribution is -0.0738. The van der Waals surface area contributed by atoms with Gasteiger partial charge in [0.15, 0.2) is 0 Å². The van der Waals surface area contributed by atoms with E-state index in [2.05, 4.69) is 46.4 Å². The number of rotatable bonds is 4. The maximum absolute atomic E-state index is 10.1. The lowest BCUT2D eigenvalue weighted by atomic mass is 9.63. The second-order valence-electron chi connectivity index (χ2n) is 8.27. The Morgan fingerprint density at radius 1 is 0.900 bits per heavy atom. The van der Waals surface area contributed by atoms with Gasteiger partial charge in [-0.1, -0.05) is 54.6 Å². The molecule has 1 aliphatic carbocycles. The molecule has 0 unspecified atom stereocenters. The van der Waals surface area contributed by atoms with Crippen molar-refractivity contribution in [2.75, 3.05) is 0 Å². The van der Waals surface area contributed by atoms with E-state index in [0.29, 0.717) is 12.8 Å². The minimum Gasteiger partial charge on any atom is -0.390 e. The Labute approximate surface area is 179 Å². The van der Waals surface area contributed by atoms with E-state index in [1.165, 1.54) is 6.33 Å². The van der Waals surface area contributed by atoms with E-state index in [0.717, 1.165) is 37.8 Å². The minimum absolute atomic E-state index is 0.459. The van der Waals surface area contributed by atoms with Gasteiger partial charge in [-0.15, -0.1) is 11.3 Å². The summed E-state index contributed by atoms with van der Waals surface area (Å²) in [6, 6.07) is 18.5. The van der Waals surface area contributed by atoms with Crippen LogP contribution in [0.1, 0.15) is 25.3 Å². The van der Waals surface area contributed by atoms with E-state index in [9.17, 15) is 5.11 Å². The van der Waals surface area contributed by atoms with E-state index in [1.54, 1.807) is 23.7 Å². The molecule has 30 heavy (non-hydrogen) atoms. The highest BCUT2D eigenvalue weighted by atomic mass is 32.1. The molecule has 0 atom stereocenters. The number of hydrogen-bond acceptors (Lipinski definition) is 6. The number of hydrogen-bond donors (Lipinski definition) is 2. The van der Waals surface area contributed by atoms with Crippen molar-refractivity contribution < 1.29 is 5.11 Å². The van der Waals surface area contributed by atoms with E-state index in [4.69, 9.17) is 10.7 Å². The zero-order valence-electron chi connectivity index (χ0n) is 16.6. The van der Waals surface area contributed by atoms with Crippen molar-refractivity contribution in [3.05, 3.63) is 78.9 Å². The maximum atomic E-state index is 10.1. The van der Waals surface area contributed by atoms with Crippen molar-refractivity contribution in [3.8, 4) is 32.3 Å². The minimum atomic E-state index is -0.671. The van der Waals surface area contributed by atoms with Gasteiger partial charge in [0.05, 0.1) is 16.2 Å². The summed E-state index contributed by atoms with van der Waals surface area (Å²) in [5, 5.41) is 11.0. The van der Waals surface area contributed by atoms with Crippen LogP contribution in [0.25, 0.3) is 32.3 Å². The molecular formula is C24H22N4OS. The lowest BCUT2D eigenvalue weighted by Gasteiger charge is -2.49. The third kappa shape index (κ3) is 3.43. The van der Waals surface area contributed by atoms with Gasteiger partial charge >= 0.3 is 0 Å². The molecular weight excluding hydrogens is 392 g/mol. The Kier molecular flexibility index (Phi) is 4.50. The van der Waals surface area contributed by atoms with Crippen LogP contribution in [0.5, 0.6) is 0 Å². The van der Waals surface area contributed by atoms with Gasteiger partial charge in [0, 0.05) is 29.1 Å². The van der Waals surface area contributed by atoms with Crippen LogP contribution in [0.4, 0.5) is 0 Å². The largest absolute Gasteiger partial charge is 0.390 e. The highest BCUT2D eigenvalue weighted by Crippen LogP contribution is 2.47. The van der Waals surface area contributed by atoms with Crippen LogP contribution >= 0.6 is 11.3 Å². The monoisotopic (exact) mass is 414 g/mol. The summed E-state index contributed by atoms with van der Waals surface area (Å²) < 4.78 is 0. The lowest BCUT2D eigenvalue weighted by Crippen LogP contribution is -2.58. The Morgan fingerprint density at radius 2 is 1.57 bits per heavy atom. The van der Waals surface area contributed by atoms with E-state index < -0.39 is 11.1 Å². The molecule has 5 rings (SSSR count). The maximum Gasteiger partial charge on any atom is 0.127 e. The normalized spacial score (nSPS) is 23.2. The molecule has 0 saturated heterocycles. The third-order valence-corrected chi connectivity index (χ3v) is 6.75. The van der Waals surface area contributed by atoms with Crippen LogP contribution in [0.3, 0.4) is 0 Å². The Balaban J connectivity index is 1.56. The molecule has 0 amide bonds. The quantitative estimate of drug-likeness (QED) is 0.508. The first-order valence-corrected chi connectivity index (χ1v) is 10.7. The van der Waals surface area contributed by atoms with Gasteiger partial charge in [0.25, 0.3) is 0 Å². The van der Waals surface area contributed by atoms with Crippen LogP contribution in [0, 0.1) is 0 Å². The Morgan fingerprint density at radius 3 is 2.20 bits per heavy atom. The molecule has 0 radical (unpaired) electrons. The molecule has 2 aromatic carbocycles. The van der Waals surface area contributed by atoms with Gasteiger partial charge < -0.3 is 10.8 Å². The number of benzene rings is 2. The first-order chi connectivity index (χ1) is 14.4. The van der Waals surface area contributed by atoms with E-state index in [-0.39, 0.29) is 0 Å². The summed E-state index contributed by atoms with van der Waals surface area (Å²) in [6.45, 7) is 1.84. The van der Waals surface area contributed by atoms with Crippen molar-refractivity contribution >= 4 is 11.3 Å². The topological polar surface area (TPSA) is 84.9 Å². The average Bonchev–Trinajstić information content (AvgIpc) is 3.19. The highest BCUT2D eigenvalue weighted by molar-refractivity contribution is 7.19. The standard InChI is InChI=1S/C24H22N4OS/c1-23(29)13-24(25,14-23)19-9-7-16(8-10-19)20-21(17-5-3-2-4-6-17)30-22(28-20)18-11-26-15-27-12-18/h2-12,15,29H,13-14,25H2,1H3/t23-,24-. The summed E-state index contributed by atoms with van der Waals surface area (Å²) in [5.41, 5.74) is 10.4. The smallest absolute Gasteiger partial charge is 0.127 e. The van der Waals surface area contributed by atoms with Crippen LogP contribution < -0.4 is 5.73 Å². The van der Waals surface area contributed by atoms with Crippen molar-refractivity contribution in [2.24, 2.45) is 5.73 Å². The zero-order chi connectivity index (χ0) is 20.8. The number of nitrogens with zero attached hydrogens (tertiary/aromatic N) is 3. The molecule has 1 aliphatic rings. The summed E-state index contributed by atoms with van der Waals surface area (Å²) in [7, 11) is 0. The summed E-state index contributed by atoms with van der Waals surface area (Å²) in [4.78, 5) is 14.3. The van der Waals surface area contributed by atoms with Gasteiger partial charge in [0.1, 0.15) is 11.3 Å². The molecule has 150 valence electrons. The Hall–Kier alpha value is -2.93. The molecule has 6 heteroatoms. The van der Waals surface area contributed by atoms with E-state index in [1.807, 2.05) is 25.1 Å². The average molecular weight is 415 g/mol. The number of nitrogens with two attached hydrogens (primary N) is 1. The van der Waals surface area contributed by atoms with Crippen molar-refractivity contribution in [2.45, 2.75) is 30.9 Å². The van der Waals surface area contributed by atoms with Gasteiger partial charge in [0.2, 0.25) is 0 Å². The fourth-order valence-electron chi connectivity index (χ4n) is 4.31. The molecule has 0 spiro atoms. The molecule has 2 heterocycles. The van der Waals surface area contributed by atoms with Gasteiger partial charge in [-0.25, -0.2) is 15.0 Å². The predicted molar refractivity (Wildman–Crippen MR) is 120 cm³/mol.